The summed E-state index contributed by atoms with van der Waals surface area (Å²) in [5, 5.41) is 23.2. The van der Waals surface area contributed by atoms with Crippen LogP contribution in [0.15, 0.2) is 23.8 Å². The molecule has 2 unspecified atom stereocenters. The largest absolute Gasteiger partial charge is 0.459 e. The third-order valence-electron chi connectivity index (χ3n) is 10.1. The number of ether oxygens (including phenoxy) is 6. The highest BCUT2D eigenvalue weighted by atomic mass is 16.7. The van der Waals surface area contributed by atoms with Gasteiger partial charge in [-0.3, -0.25) is 19.2 Å². The molecule has 1 spiro atoms. The van der Waals surface area contributed by atoms with Gasteiger partial charge in [0, 0.05) is 38.5 Å². The Morgan fingerprint density at radius 1 is 0.894 bits per heavy atom. The topological polar surface area (TPSA) is 184 Å². The quantitative estimate of drug-likeness (QED) is 0.114. The van der Waals surface area contributed by atoms with E-state index in [1.807, 2.05) is 0 Å². The number of aliphatic hydroxyl groups is 2. The number of hydrogen-bond donors (Lipinski definition) is 2. The molecule has 0 radical (unpaired) electrons. The highest BCUT2D eigenvalue weighted by Crippen LogP contribution is 2.65. The zero-order valence-electron chi connectivity index (χ0n) is 28.4. The summed E-state index contributed by atoms with van der Waals surface area (Å²) in [4.78, 5) is 64.8. The van der Waals surface area contributed by atoms with Crippen molar-refractivity contribution in [2.75, 3.05) is 0 Å². The van der Waals surface area contributed by atoms with Gasteiger partial charge in [0.25, 0.3) is 0 Å². The second kappa shape index (κ2) is 13.3. The second-order valence-corrected chi connectivity index (χ2v) is 13.7. The van der Waals surface area contributed by atoms with E-state index in [2.05, 4.69) is 6.92 Å². The summed E-state index contributed by atoms with van der Waals surface area (Å²) in [6.07, 6.45) is 0.0981. The van der Waals surface area contributed by atoms with Gasteiger partial charge in [-0.05, 0) is 38.8 Å². The van der Waals surface area contributed by atoms with Crippen molar-refractivity contribution in [3.05, 3.63) is 23.8 Å². The van der Waals surface area contributed by atoms with Crippen LogP contribution in [0.4, 0.5) is 0 Å². The van der Waals surface area contributed by atoms with Gasteiger partial charge < -0.3 is 38.6 Å². The summed E-state index contributed by atoms with van der Waals surface area (Å²) in [5.74, 6) is -5.11. The minimum Gasteiger partial charge on any atom is -0.459 e. The molecular weight excluding hydrogens is 616 g/mol. The van der Waals surface area contributed by atoms with Crippen LogP contribution >= 0.6 is 0 Å². The molecule has 0 bridgehead atoms. The predicted octanol–water partition coefficient (Wildman–Crippen LogP) is 2.77. The minimum atomic E-state index is -2.12. The van der Waals surface area contributed by atoms with Gasteiger partial charge in [0.2, 0.25) is 0 Å². The Morgan fingerprint density at radius 3 is 2.06 bits per heavy atom. The Morgan fingerprint density at radius 2 is 1.49 bits per heavy atom. The molecule has 0 amide bonds. The molecule has 0 saturated carbocycles. The van der Waals surface area contributed by atoms with Gasteiger partial charge in [-0.2, -0.15) is 0 Å². The first-order chi connectivity index (χ1) is 21.9. The number of carbonyl (C=O) groups excluding carboxylic acids is 5. The summed E-state index contributed by atoms with van der Waals surface area (Å²) < 4.78 is 35.6. The van der Waals surface area contributed by atoms with Crippen molar-refractivity contribution in [2.45, 2.75) is 147 Å². The van der Waals surface area contributed by atoms with Crippen LogP contribution in [-0.4, -0.2) is 93.5 Å². The van der Waals surface area contributed by atoms with Crippen molar-refractivity contribution in [1.82, 2.24) is 0 Å². The van der Waals surface area contributed by atoms with Crippen LogP contribution in [0, 0.1) is 11.3 Å². The average molecular weight is 665 g/mol. The lowest BCUT2D eigenvalue weighted by atomic mass is 9.55. The first-order valence-corrected chi connectivity index (χ1v) is 16.3. The van der Waals surface area contributed by atoms with Gasteiger partial charge in [0.05, 0.1) is 5.60 Å². The van der Waals surface area contributed by atoms with Crippen molar-refractivity contribution in [2.24, 2.45) is 11.3 Å². The molecule has 2 heterocycles. The molecule has 4 aliphatic rings. The molecule has 47 heavy (non-hydrogen) atoms. The van der Waals surface area contributed by atoms with E-state index < -0.39 is 94.6 Å². The van der Waals surface area contributed by atoms with Crippen LogP contribution in [0.1, 0.15) is 93.9 Å². The van der Waals surface area contributed by atoms with Crippen LogP contribution in [0.3, 0.4) is 0 Å². The Labute approximate surface area is 274 Å². The van der Waals surface area contributed by atoms with Crippen LogP contribution in [0.25, 0.3) is 0 Å². The molecule has 2 aliphatic heterocycles. The lowest BCUT2D eigenvalue weighted by Crippen LogP contribution is -2.69. The van der Waals surface area contributed by atoms with E-state index in [4.69, 9.17) is 28.4 Å². The van der Waals surface area contributed by atoms with Crippen molar-refractivity contribution < 1.29 is 62.6 Å². The number of unbranched alkanes of at least 4 members (excludes halogenated alkanes) is 4. The molecule has 13 nitrogen and oxygen atoms in total. The van der Waals surface area contributed by atoms with Gasteiger partial charge in [0.15, 0.2) is 35.6 Å². The SMILES string of the molecule is CCCCCCCC(=O)OC1/C(C)=C\[C@@H]2OC(=O)[C@]3(C)O[C@]23C(OC(C)=O)[C@H]2[C@](C)(O)[C@H](O)C=C[C@]2(C)[C@@H](OC(C)=O)[C@@H]1OC(C)=O. The van der Waals surface area contributed by atoms with Crippen LogP contribution in [0.5, 0.6) is 0 Å². The number of rotatable bonds is 10. The highest BCUT2D eigenvalue weighted by Gasteiger charge is 2.88. The van der Waals surface area contributed by atoms with Crippen molar-refractivity contribution in [3.63, 3.8) is 0 Å². The zero-order valence-corrected chi connectivity index (χ0v) is 28.4. The normalized spacial score (nSPS) is 41.5. The summed E-state index contributed by atoms with van der Waals surface area (Å²) in [6, 6.07) is 0. The van der Waals surface area contributed by atoms with E-state index in [0.29, 0.717) is 6.42 Å². The minimum absolute atomic E-state index is 0.0667. The molecule has 4 rings (SSSR count). The molecule has 2 fully saturated rings. The first-order valence-electron chi connectivity index (χ1n) is 16.3. The molecule has 0 aromatic carbocycles. The predicted molar refractivity (Wildman–Crippen MR) is 163 cm³/mol. The number of fused-ring (bicyclic) bond motifs is 1. The Hall–Kier alpha value is -3.29. The van der Waals surface area contributed by atoms with E-state index in [1.165, 1.54) is 32.1 Å². The average Bonchev–Trinajstić information content (AvgIpc) is 3.55. The number of aliphatic hydroxyl groups excluding tert-OH is 1. The van der Waals surface area contributed by atoms with Crippen LogP contribution in [-0.2, 0) is 52.4 Å². The lowest BCUT2D eigenvalue weighted by molar-refractivity contribution is -0.230. The summed E-state index contributed by atoms with van der Waals surface area (Å²) >= 11 is 0. The second-order valence-electron chi connectivity index (χ2n) is 13.7. The van der Waals surface area contributed by atoms with E-state index in [1.54, 1.807) is 13.8 Å². The van der Waals surface area contributed by atoms with Gasteiger partial charge >= 0.3 is 29.8 Å². The molecule has 11 atom stereocenters. The van der Waals surface area contributed by atoms with E-state index in [-0.39, 0.29) is 12.0 Å². The smallest absolute Gasteiger partial charge is 0.342 e. The fourth-order valence-electron chi connectivity index (χ4n) is 7.73. The Kier molecular flexibility index (Phi) is 10.4. The Balaban J connectivity index is 1.98. The standard InChI is InChI=1S/C34H48O13/c1-9-10-11-12-13-14-24(39)46-25-18(2)17-23-34(33(8,47-34)30(40)45-23)29(44-21(5)37)27-31(6,16-15-22(38)32(27,7)41)28(43-20(4)36)26(25)42-19(3)35/h15-17,22-23,25-29,38,41H,9-14H2,1-8H3/b18-17-/t22-,23+,25?,26-,27-,28+,29?,31+,32-,33+,34+/m1/s1. The maximum atomic E-state index is 13.3. The van der Waals surface area contributed by atoms with Crippen LogP contribution in [0.2, 0.25) is 0 Å². The number of hydrogen-bond acceptors (Lipinski definition) is 13. The lowest BCUT2D eigenvalue weighted by Gasteiger charge is -2.55. The third-order valence-corrected chi connectivity index (χ3v) is 10.1. The molecule has 0 aromatic rings. The zero-order chi connectivity index (χ0) is 35.1. The molecule has 262 valence electrons. The molecule has 2 N–H and O–H groups in total. The van der Waals surface area contributed by atoms with E-state index in [0.717, 1.165) is 46.5 Å². The third kappa shape index (κ3) is 6.46. The maximum absolute atomic E-state index is 13.3. The number of epoxide rings is 1. The van der Waals surface area contributed by atoms with Gasteiger partial charge in [0.1, 0.15) is 12.2 Å². The first kappa shape index (κ1) is 36.5. The number of carbonyl (C=O) groups is 5. The molecule has 2 saturated heterocycles. The molecule has 13 heteroatoms. The summed E-state index contributed by atoms with van der Waals surface area (Å²) in [7, 11) is 0. The van der Waals surface area contributed by atoms with E-state index >= 15 is 0 Å². The van der Waals surface area contributed by atoms with Crippen molar-refractivity contribution in [3.8, 4) is 0 Å². The van der Waals surface area contributed by atoms with Gasteiger partial charge in [-0.15, -0.1) is 0 Å². The maximum Gasteiger partial charge on any atom is 0.342 e. The molecule has 0 aromatic heterocycles. The fraction of sp³-hybridized carbons (Fsp3) is 0.735. The van der Waals surface area contributed by atoms with Crippen molar-refractivity contribution in [1.29, 1.82) is 0 Å². The molecular formula is C34H48O13. The van der Waals surface area contributed by atoms with Gasteiger partial charge in [-0.1, -0.05) is 51.7 Å². The van der Waals surface area contributed by atoms with Crippen molar-refractivity contribution >= 4 is 29.8 Å². The Bertz CT molecular complexity index is 1330. The summed E-state index contributed by atoms with van der Waals surface area (Å²) in [6.45, 7) is 11.5. The van der Waals surface area contributed by atoms with Crippen LogP contribution < -0.4 is 0 Å². The van der Waals surface area contributed by atoms with E-state index in [9.17, 15) is 34.2 Å². The van der Waals surface area contributed by atoms with Gasteiger partial charge in [-0.25, -0.2) is 4.79 Å². The number of esters is 5. The summed E-state index contributed by atoms with van der Waals surface area (Å²) in [5.41, 5.74) is -6.81. The monoisotopic (exact) mass is 664 g/mol. The highest BCUT2D eigenvalue weighted by molar-refractivity contribution is 5.89. The molecule has 2 aliphatic carbocycles. The fourth-order valence-corrected chi connectivity index (χ4v) is 7.73.